The first kappa shape index (κ1) is 16.4. The van der Waals surface area contributed by atoms with Crippen LogP contribution >= 0.6 is 0 Å². The Balaban J connectivity index is 1.18. The highest BCUT2D eigenvalue weighted by Gasteiger charge is 2.51. The topological polar surface area (TPSA) is 52.0 Å². The zero-order valence-corrected chi connectivity index (χ0v) is 15.6. The Bertz CT molecular complexity index is 682. The molecule has 1 heterocycles. The molecule has 2 N–H and O–H groups in total. The minimum Gasteiger partial charge on any atom is -0.454 e. The van der Waals surface area contributed by atoms with Gasteiger partial charge in [-0.1, -0.05) is 0 Å². The van der Waals surface area contributed by atoms with Gasteiger partial charge in [0, 0.05) is 11.1 Å². The molecule has 0 saturated heterocycles. The number of ether oxygens (including phenoxy) is 2. The van der Waals surface area contributed by atoms with E-state index in [1.165, 1.54) is 49.0 Å². The van der Waals surface area contributed by atoms with Crippen molar-refractivity contribution in [1.82, 2.24) is 5.32 Å². The highest BCUT2D eigenvalue weighted by atomic mass is 16.7. The van der Waals surface area contributed by atoms with Gasteiger partial charge < -0.3 is 19.7 Å². The van der Waals surface area contributed by atoms with Gasteiger partial charge in [0.1, 0.15) is 6.54 Å². The van der Waals surface area contributed by atoms with Crippen molar-refractivity contribution in [3.63, 3.8) is 0 Å². The average molecular weight is 357 g/mol. The SMILES string of the molecule is C[NH+](CC(=O)NC12CC3CC(CC(C3)C1)C2)Cc1ccc2c(c1)OCO2. The molecule has 5 aliphatic rings. The number of carbonyl (C=O) groups excluding carboxylic acids is 1. The molecule has 1 unspecified atom stereocenters. The summed E-state index contributed by atoms with van der Waals surface area (Å²) < 4.78 is 10.8. The van der Waals surface area contributed by atoms with Crippen LogP contribution in [0.25, 0.3) is 0 Å². The molecular weight excluding hydrogens is 328 g/mol. The third-order valence-corrected chi connectivity index (χ3v) is 6.85. The predicted octanol–water partition coefficient (Wildman–Crippen LogP) is 1.51. The van der Waals surface area contributed by atoms with Crippen LogP contribution in [-0.2, 0) is 11.3 Å². The van der Waals surface area contributed by atoms with E-state index in [-0.39, 0.29) is 11.4 Å². The van der Waals surface area contributed by atoms with Gasteiger partial charge in [0.25, 0.3) is 5.91 Å². The Kier molecular flexibility index (Phi) is 3.89. The molecule has 26 heavy (non-hydrogen) atoms. The van der Waals surface area contributed by atoms with Crippen molar-refractivity contribution in [3.8, 4) is 11.5 Å². The minimum absolute atomic E-state index is 0.116. The number of quaternary nitrogens is 1. The summed E-state index contributed by atoms with van der Waals surface area (Å²) in [6, 6.07) is 6.05. The van der Waals surface area contributed by atoms with Crippen LogP contribution in [0.4, 0.5) is 0 Å². The Morgan fingerprint density at radius 3 is 2.46 bits per heavy atom. The van der Waals surface area contributed by atoms with E-state index in [2.05, 4.69) is 18.4 Å². The van der Waals surface area contributed by atoms with Crippen molar-refractivity contribution >= 4 is 5.91 Å². The molecule has 6 rings (SSSR count). The van der Waals surface area contributed by atoms with Gasteiger partial charge in [-0.15, -0.1) is 0 Å². The Morgan fingerprint density at radius 1 is 1.12 bits per heavy atom. The fraction of sp³-hybridized carbons (Fsp3) is 0.667. The molecule has 1 atom stereocenters. The number of carbonyl (C=O) groups is 1. The lowest BCUT2D eigenvalue weighted by Gasteiger charge is -2.56. The van der Waals surface area contributed by atoms with E-state index in [9.17, 15) is 4.79 Å². The lowest BCUT2D eigenvalue weighted by Crippen LogP contribution is -3.09. The zero-order valence-electron chi connectivity index (χ0n) is 15.6. The van der Waals surface area contributed by atoms with Crippen LogP contribution in [-0.4, -0.2) is 31.8 Å². The molecule has 1 amide bonds. The molecule has 0 radical (unpaired) electrons. The molecular formula is C21H29N2O3+. The van der Waals surface area contributed by atoms with Crippen molar-refractivity contribution in [3.05, 3.63) is 23.8 Å². The molecule has 1 aromatic carbocycles. The minimum atomic E-state index is 0.116. The van der Waals surface area contributed by atoms with Gasteiger partial charge in [-0.05, 0) is 74.5 Å². The van der Waals surface area contributed by atoms with Crippen LogP contribution in [0.3, 0.4) is 0 Å². The molecule has 0 spiro atoms. The number of fused-ring (bicyclic) bond motifs is 1. The standard InChI is InChI=1S/C21H28N2O3/c1-23(11-14-2-3-18-19(7-14)26-13-25-18)12-20(24)22-21-8-15-4-16(9-21)6-17(5-15)10-21/h2-3,7,15-17H,4-6,8-13H2,1H3,(H,22,24)/p+1. The molecule has 1 aliphatic heterocycles. The highest BCUT2D eigenvalue weighted by molar-refractivity contribution is 5.77. The van der Waals surface area contributed by atoms with E-state index in [1.54, 1.807) is 0 Å². The summed E-state index contributed by atoms with van der Waals surface area (Å²) in [6.45, 7) is 1.64. The summed E-state index contributed by atoms with van der Waals surface area (Å²) in [4.78, 5) is 13.9. The molecule has 1 aromatic rings. The van der Waals surface area contributed by atoms with E-state index in [1.807, 2.05) is 12.1 Å². The van der Waals surface area contributed by atoms with Gasteiger partial charge in [0.15, 0.2) is 18.0 Å². The number of likely N-dealkylation sites (N-methyl/N-ethyl adjacent to an activating group) is 1. The number of hydrogen-bond donors (Lipinski definition) is 2. The first-order chi connectivity index (χ1) is 12.6. The smallest absolute Gasteiger partial charge is 0.275 e. The van der Waals surface area contributed by atoms with E-state index >= 15 is 0 Å². The van der Waals surface area contributed by atoms with Crippen molar-refractivity contribution < 1.29 is 19.2 Å². The largest absolute Gasteiger partial charge is 0.454 e. The van der Waals surface area contributed by atoms with Crippen LogP contribution in [0.1, 0.15) is 44.1 Å². The van der Waals surface area contributed by atoms with E-state index in [0.29, 0.717) is 13.3 Å². The summed E-state index contributed by atoms with van der Waals surface area (Å²) in [5.74, 6) is 4.42. The summed E-state index contributed by atoms with van der Waals surface area (Å²) in [6.07, 6.45) is 7.86. The average Bonchev–Trinajstić information content (AvgIpc) is 3.00. The summed E-state index contributed by atoms with van der Waals surface area (Å²) in [5, 5.41) is 3.48. The van der Waals surface area contributed by atoms with Gasteiger partial charge in [0.2, 0.25) is 6.79 Å². The molecule has 4 fully saturated rings. The number of nitrogens with one attached hydrogen (secondary N) is 2. The molecule has 4 saturated carbocycles. The third-order valence-electron chi connectivity index (χ3n) is 6.85. The number of rotatable bonds is 5. The fourth-order valence-corrected chi connectivity index (χ4v) is 6.34. The molecule has 5 nitrogen and oxygen atoms in total. The van der Waals surface area contributed by atoms with Crippen molar-refractivity contribution in [2.24, 2.45) is 17.8 Å². The quantitative estimate of drug-likeness (QED) is 0.840. The monoisotopic (exact) mass is 357 g/mol. The van der Waals surface area contributed by atoms with Crippen molar-refractivity contribution in [2.75, 3.05) is 20.4 Å². The fourth-order valence-electron chi connectivity index (χ4n) is 6.34. The lowest BCUT2D eigenvalue weighted by atomic mass is 9.53. The van der Waals surface area contributed by atoms with Crippen LogP contribution in [0.2, 0.25) is 0 Å². The van der Waals surface area contributed by atoms with Gasteiger partial charge >= 0.3 is 0 Å². The second-order valence-electron chi connectivity index (χ2n) is 9.24. The molecule has 4 bridgehead atoms. The summed E-state index contributed by atoms with van der Waals surface area (Å²) >= 11 is 0. The number of benzene rings is 1. The zero-order chi connectivity index (χ0) is 17.7. The Labute approximate surface area is 155 Å². The van der Waals surface area contributed by atoms with Crippen LogP contribution < -0.4 is 19.7 Å². The second-order valence-corrected chi connectivity index (χ2v) is 9.24. The van der Waals surface area contributed by atoms with Gasteiger partial charge in [-0.2, -0.15) is 0 Å². The summed E-state index contributed by atoms with van der Waals surface area (Å²) in [7, 11) is 2.09. The number of amides is 1. The Hall–Kier alpha value is -1.75. The van der Waals surface area contributed by atoms with Crippen LogP contribution in [0.15, 0.2) is 18.2 Å². The summed E-state index contributed by atoms with van der Waals surface area (Å²) in [5.41, 5.74) is 1.29. The van der Waals surface area contributed by atoms with Crippen LogP contribution in [0.5, 0.6) is 11.5 Å². The maximum absolute atomic E-state index is 12.7. The number of hydrogen-bond acceptors (Lipinski definition) is 3. The maximum Gasteiger partial charge on any atom is 0.275 e. The molecule has 0 aromatic heterocycles. The molecule has 4 aliphatic carbocycles. The predicted molar refractivity (Wildman–Crippen MR) is 97.1 cm³/mol. The third kappa shape index (κ3) is 3.07. The van der Waals surface area contributed by atoms with E-state index in [0.717, 1.165) is 35.8 Å². The normalized spacial score (nSPS) is 34.7. The highest BCUT2D eigenvalue weighted by Crippen LogP contribution is 2.55. The first-order valence-electron chi connectivity index (χ1n) is 10.1. The van der Waals surface area contributed by atoms with Gasteiger partial charge in [-0.25, -0.2) is 0 Å². The van der Waals surface area contributed by atoms with Gasteiger partial charge in [-0.3, -0.25) is 4.79 Å². The molecule has 5 heteroatoms. The van der Waals surface area contributed by atoms with Gasteiger partial charge in [0.05, 0.1) is 7.05 Å². The lowest BCUT2D eigenvalue weighted by molar-refractivity contribution is -0.885. The second kappa shape index (κ2) is 6.15. The Morgan fingerprint density at radius 2 is 1.77 bits per heavy atom. The maximum atomic E-state index is 12.7. The first-order valence-corrected chi connectivity index (χ1v) is 10.1. The van der Waals surface area contributed by atoms with Crippen LogP contribution in [0, 0.1) is 17.8 Å². The van der Waals surface area contributed by atoms with E-state index in [4.69, 9.17) is 9.47 Å². The van der Waals surface area contributed by atoms with Crippen molar-refractivity contribution in [1.29, 1.82) is 0 Å². The molecule has 140 valence electrons. The van der Waals surface area contributed by atoms with Crippen molar-refractivity contribution in [2.45, 2.75) is 50.6 Å². The van der Waals surface area contributed by atoms with E-state index < -0.39 is 0 Å².